The Labute approximate surface area is 124 Å². The average Bonchev–Trinajstić information content (AvgIpc) is 2.79. The van der Waals surface area contributed by atoms with Crippen molar-refractivity contribution in [1.82, 2.24) is 9.55 Å². The van der Waals surface area contributed by atoms with Gasteiger partial charge in [-0.1, -0.05) is 0 Å². The summed E-state index contributed by atoms with van der Waals surface area (Å²) in [6, 6.07) is 0. The highest BCUT2D eigenvalue weighted by Crippen LogP contribution is 2.43. The van der Waals surface area contributed by atoms with Gasteiger partial charge in [-0.15, -0.1) is 0 Å². The number of ether oxygens (including phenoxy) is 2. The predicted octanol–water partition coefficient (Wildman–Crippen LogP) is -1.41. The van der Waals surface area contributed by atoms with Crippen molar-refractivity contribution < 1.29 is 33.5 Å². The standard InChI is InChI=1S/C10H16N3O8P/c1-19-6-3-13(10(15)12-9(6)11)8-2-5(7(4-14)20-8)21-22(16,17)18/h3,5,7-8,14H,2,4H2,1H3,(H2,11,12,15)(H2,16,17,18)/t5-,7+,8+/m0/s1. The molecule has 1 aromatic heterocycles. The van der Waals surface area contributed by atoms with Gasteiger partial charge in [-0.05, 0) is 0 Å². The molecule has 1 aromatic rings. The van der Waals surface area contributed by atoms with E-state index in [1.54, 1.807) is 0 Å². The molecule has 0 aliphatic carbocycles. The van der Waals surface area contributed by atoms with Crippen molar-refractivity contribution in [2.45, 2.75) is 24.9 Å². The molecule has 5 N–H and O–H groups in total. The third-order valence-electron chi connectivity index (χ3n) is 3.11. The van der Waals surface area contributed by atoms with E-state index in [2.05, 4.69) is 9.51 Å². The normalized spacial score (nSPS) is 25.4. The van der Waals surface area contributed by atoms with Crippen molar-refractivity contribution in [3.8, 4) is 5.75 Å². The number of hydrogen-bond donors (Lipinski definition) is 4. The molecule has 1 aliphatic rings. The summed E-state index contributed by atoms with van der Waals surface area (Å²) in [5.41, 5.74) is 4.78. The van der Waals surface area contributed by atoms with Crippen molar-refractivity contribution in [3.63, 3.8) is 0 Å². The first-order valence-corrected chi connectivity index (χ1v) is 7.71. The molecule has 2 heterocycles. The Morgan fingerprint density at radius 3 is 2.82 bits per heavy atom. The lowest BCUT2D eigenvalue weighted by Gasteiger charge is -2.16. The van der Waals surface area contributed by atoms with E-state index in [1.807, 2.05) is 0 Å². The van der Waals surface area contributed by atoms with Crippen LogP contribution < -0.4 is 16.2 Å². The Balaban J connectivity index is 2.28. The van der Waals surface area contributed by atoms with Gasteiger partial charge in [0, 0.05) is 6.42 Å². The van der Waals surface area contributed by atoms with Crippen LogP contribution in [0.3, 0.4) is 0 Å². The highest BCUT2D eigenvalue weighted by molar-refractivity contribution is 7.46. The molecule has 22 heavy (non-hydrogen) atoms. The van der Waals surface area contributed by atoms with E-state index < -0.39 is 38.6 Å². The van der Waals surface area contributed by atoms with Crippen LogP contribution in [0.4, 0.5) is 5.82 Å². The quantitative estimate of drug-likeness (QED) is 0.469. The molecule has 0 saturated carbocycles. The zero-order valence-electron chi connectivity index (χ0n) is 11.5. The summed E-state index contributed by atoms with van der Waals surface area (Å²) in [7, 11) is -3.42. The minimum absolute atomic E-state index is 0.0645. The van der Waals surface area contributed by atoms with Gasteiger partial charge in [-0.3, -0.25) is 9.09 Å². The number of hydrogen-bond acceptors (Lipinski definition) is 8. The first-order valence-electron chi connectivity index (χ1n) is 6.18. The zero-order chi connectivity index (χ0) is 16.5. The summed E-state index contributed by atoms with van der Waals surface area (Å²) in [6.07, 6.45) is -1.79. The van der Waals surface area contributed by atoms with Gasteiger partial charge < -0.3 is 30.1 Å². The number of aliphatic hydroxyl groups is 1. The Kier molecular flexibility index (Phi) is 4.85. The molecule has 12 heteroatoms. The van der Waals surface area contributed by atoms with E-state index in [0.717, 1.165) is 4.57 Å². The molecule has 0 spiro atoms. The maximum Gasteiger partial charge on any atom is 0.469 e. The van der Waals surface area contributed by atoms with Crippen LogP contribution in [0.5, 0.6) is 5.75 Å². The fourth-order valence-corrected chi connectivity index (χ4v) is 2.72. The summed E-state index contributed by atoms with van der Waals surface area (Å²) >= 11 is 0. The minimum atomic E-state index is -4.76. The highest BCUT2D eigenvalue weighted by atomic mass is 31.2. The third kappa shape index (κ3) is 3.64. The largest absolute Gasteiger partial charge is 0.491 e. The van der Waals surface area contributed by atoms with Crippen LogP contribution in [0.1, 0.15) is 12.6 Å². The molecule has 124 valence electrons. The molecule has 3 atom stereocenters. The van der Waals surface area contributed by atoms with Gasteiger partial charge in [0.25, 0.3) is 0 Å². The maximum absolute atomic E-state index is 11.9. The van der Waals surface area contributed by atoms with Crippen LogP contribution in [0, 0.1) is 0 Å². The first kappa shape index (κ1) is 16.9. The maximum atomic E-state index is 11.9. The molecule has 11 nitrogen and oxygen atoms in total. The first-order chi connectivity index (χ1) is 10.2. The second-order valence-electron chi connectivity index (χ2n) is 4.57. The van der Waals surface area contributed by atoms with Crippen molar-refractivity contribution >= 4 is 13.6 Å². The summed E-state index contributed by atoms with van der Waals surface area (Å²) in [6.45, 7) is -0.532. The topological polar surface area (TPSA) is 166 Å². The number of phosphoric acid groups is 1. The van der Waals surface area contributed by atoms with Gasteiger partial charge in [0.1, 0.15) is 18.4 Å². The molecule has 2 rings (SSSR count). The zero-order valence-corrected chi connectivity index (χ0v) is 12.4. The Hall–Kier alpha value is -1.49. The molecule has 0 unspecified atom stereocenters. The van der Waals surface area contributed by atoms with Crippen molar-refractivity contribution in [3.05, 3.63) is 16.7 Å². The number of aromatic nitrogens is 2. The lowest BCUT2D eigenvalue weighted by Crippen LogP contribution is -2.28. The Morgan fingerprint density at radius 2 is 2.27 bits per heavy atom. The van der Waals surface area contributed by atoms with Crippen LogP contribution in [0.25, 0.3) is 0 Å². The SMILES string of the molecule is COc1cn([C@H]2C[C@H](OP(=O)(O)O)[C@@H](CO)O2)c(=O)nc1N. The monoisotopic (exact) mass is 337 g/mol. The number of nitrogens with zero attached hydrogens (tertiary/aromatic N) is 2. The summed E-state index contributed by atoms with van der Waals surface area (Å²) in [5.74, 6) is 0.0478. The number of nitrogens with two attached hydrogens (primary N) is 1. The van der Waals surface area contributed by atoms with Crippen LogP contribution >= 0.6 is 7.82 Å². The lowest BCUT2D eigenvalue weighted by atomic mass is 10.2. The van der Waals surface area contributed by atoms with Gasteiger partial charge in [-0.25, -0.2) is 9.36 Å². The fraction of sp³-hybridized carbons (Fsp3) is 0.600. The van der Waals surface area contributed by atoms with Crippen LogP contribution in [0.15, 0.2) is 11.0 Å². The van der Waals surface area contributed by atoms with Gasteiger partial charge in [0.2, 0.25) is 0 Å². The Morgan fingerprint density at radius 1 is 1.59 bits per heavy atom. The highest BCUT2D eigenvalue weighted by Gasteiger charge is 2.40. The fourth-order valence-electron chi connectivity index (χ4n) is 2.15. The minimum Gasteiger partial charge on any atom is -0.491 e. The van der Waals surface area contributed by atoms with E-state index in [9.17, 15) is 14.5 Å². The molecule has 0 bridgehead atoms. The molecule has 0 aromatic carbocycles. The third-order valence-corrected chi connectivity index (χ3v) is 3.65. The summed E-state index contributed by atoms with van der Waals surface area (Å²) in [4.78, 5) is 33.1. The second kappa shape index (κ2) is 6.32. The summed E-state index contributed by atoms with van der Waals surface area (Å²) < 4.78 is 26.9. The average molecular weight is 337 g/mol. The second-order valence-corrected chi connectivity index (χ2v) is 5.76. The van der Waals surface area contributed by atoms with E-state index in [4.69, 9.17) is 25.0 Å². The van der Waals surface area contributed by atoms with Crippen LogP contribution in [-0.4, -0.2) is 50.4 Å². The van der Waals surface area contributed by atoms with E-state index in [-0.39, 0.29) is 18.0 Å². The van der Waals surface area contributed by atoms with Crippen molar-refractivity contribution in [1.29, 1.82) is 0 Å². The van der Waals surface area contributed by atoms with Crippen LogP contribution in [-0.2, 0) is 13.8 Å². The number of aliphatic hydroxyl groups excluding tert-OH is 1. The van der Waals surface area contributed by atoms with Crippen molar-refractivity contribution in [2.24, 2.45) is 0 Å². The number of rotatable bonds is 5. The number of phosphoric ester groups is 1. The Bertz CT molecular complexity index is 644. The molecule has 0 radical (unpaired) electrons. The molecule has 1 saturated heterocycles. The van der Waals surface area contributed by atoms with E-state index in [1.165, 1.54) is 13.3 Å². The van der Waals surface area contributed by atoms with Gasteiger partial charge in [0.05, 0.1) is 19.9 Å². The number of methoxy groups -OCH3 is 1. The molecule has 1 aliphatic heterocycles. The van der Waals surface area contributed by atoms with Gasteiger partial charge in [0.15, 0.2) is 11.6 Å². The number of nitrogen functional groups attached to an aromatic ring is 1. The van der Waals surface area contributed by atoms with E-state index >= 15 is 0 Å². The van der Waals surface area contributed by atoms with E-state index in [0.29, 0.717) is 0 Å². The number of anilines is 1. The molecule has 1 fully saturated rings. The lowest BCUT2D eigenvalue weighted by molar-refractivity contribution is -0.0453. The molecular weight excluding hydrogens is 321 g/mol. The molecular formula is C10H16N3O8P. The predicted molar refractivity (Wildman–Crippen MR) is 72.0 cm³/mol. The summed E-state index contributed by atoms with van der Waals surface area (Å²) in [5, 5.41) is 9.21. The smallest absolute Gasteiger partial charge is 0.469 e. The molecule has 0 amide bonds. The van der Waals surface area contributed by atoms with Gasteiger partial charge >= 0.3 is 13.5 Å². The van der Waals surface area contributed by atoms with Gasteiger partial charge in [-0.2, -0.15) is 4.98 Å². The van der Waals surface area contributed by atoms with Crippen LogP contribution in [0.2, 0.25) is 0 Å². The van der Waals surface area contributed by atoms with Crippen molar-refractivity contribution in [2.75, 3.05) is 19.5 Å².